The number of anilines is 1. The van der Waals surface area contributed by atoms with Gasteiger partial charge >= 0.3 is 0 Å². The number of hydrogen-bond acceptors (Lipinski definition) is 3. The van der Waals surface area contributed by atoms with Crippen LogP contribution in [-0.2, 0) is 0 Å². The molecule has 1 saturated carbocycles. The summed E-state index contributed by atoms with van der Waals surface area (Å²) in [4.78, 5) is 26.3. The molecular formula is C20H18BrNO2. The molecule has 122 valence electrons. The Balaban J connectivity index is 1.72. The molecule has 0 amide bonds. The van der Waals surface area contributed by atoms with Gasteiger partial charge in [-0.05, 0) is 31.7 Å². The van der Waals surface area contributed by atoms with Crippen molar-refractivity contribution in [1.82, 2.24) is 0 Å². The van der Waals surface area contributed by atoms with E-state index in [4.69, 9.17) is 0 Å². The Morgan fingerprint density at radius 3 is 2.12 bits per heavy atom. The van der Waals surface area contributed by atoms with Crippen molar-refractivity contribution < 1.29 is 9.59 Å². The molecule has 4 rings (SSSR count). The van der Waals surface area contributed by atoms with E-state index in [1.807, 2.05) is 18.2 Å². The van der Waals surface area contributed by atoms with Crippen LogP contribution in [0.3, 0.4) is 0 Å². The largest absolute Gasteiger partial charge is 0.382 e. The van der Waals surface area contributed by atoms with Crippen LogP contribution in [0.4, 0.5) is 5.69 Å². The molecule has 0 radical (unpaired) electrons. The average molecular weight is 384 g/mol. The third-order valence-electron chi connectivity index (χ3n) is 4.97. The zero-order valence-electron chi connectivity index (χ0n) is 13.2. The zero-order valence-corrected chi connectivity index (χ0v) is 14.8. The van der Waals surface area contributed by atoms with Gasteiger partial charge in [-0.1, -0.05) is 52.3 Å². The highest BCUT2D eigenvalue weighted by atomic mass is 79.9. The van der Waals surface area contributed by atoms with Gasteiger partial charge in [-0.25, -0.2) is 0 Å². The maximum Gasteiger partial charge on any atom is 0.196 e. The predicted molar refractivity (Wildman–Crippen MR) is 98.3 cm³/mol. The summed E-state index contributed by atoms with van der Waals surface area (Å²) in [6.45, 7) is 0. The van der Waals surface area contributed by atoms with E-state index in [1.54, 1.807) is 24.3 Å². The Morgan fingerprint density at radius 2 is 1.42 bits per heavy atom. The monoisotopic (exact) mass is 383 g/mol. The van der Waals surface area contributed by atoms with E-state index in [1.165, 1.54) is 0 Å². The molecule has 2 aromatic rings. The summed E-state index contributed by atoms with van der Waals surface area (Å²) in [5.74, 6) is -0.120. The first-order valence-corrected chi connectivity index (χ1v) is 9.29. The highest BCUT2D eigenvalue weighted by molar-refractivity contribution is 9.09. The van der Waals surface area contributed by atoms with Crippen LogP contribution >= 0.6 is 15.9 Å². The number of carbonyl (C=O) groups is 2. The second-order valence-corrected chi connectivity index (χ2v) is 7.82. The first kappa shape index (κ1) is 15.6. The van der Waals surface area contributed by atoms with Crippen LogP contribution in [0.25, 0.3) is 0 Å². The van der Waals surface area contributed by atoms with Crippen molar-refractivity contribution in [2.45, 2.75) is 36.6 Å². The third-order valence-corrected chi connectivity index (χ3v) is 5.88. The minimum absolute atomic E-state index is 0.0579. The number of halogens is 1. The standard InChI is InChI=1S/C20H18BrNO2/c21-12-8-10-13(11-9-12)22-17-7-3-6-16-18(17)20(24)15-5-2-1-4-14(15)19(16)23/h1-7,12-13,22H,8-11H2. The number of benzene rings is 2. The topological polar surface area (TPSA) is 46.2 Å². The number of fused-ring (bicyclic) bond motifs is 2. The number of hydrogen-bond donors (Lipinski definition) is 1. The maximum atomic E-state index is 13.0. The van der Waals surface area contributed by atoms with Gasteiger partial charge in [0.25, 0.3) is 0 Å². The highest BCUT2D eigenvalue weighted by Gasteiger charge is 2.32. The molecule has 1 N–H and O–H groups in total. The lowest BCUT2D eigenvalue weighted by Gasteiger charge is -2.29. The van der Waals surface area contributed by atoms with Crippen molar-refractivity contribution in [3.05, 3.63) is 64.7 Å². The highest BCUT2D eigenvalue weighted by Crippen LogP contribution is 2.34. The predicted octanol–water partition coefficient (Wildman–Crippen LogP) is 4.58. The minimum Gasteiger partial charge on any atom is -0.382 e. The average Bonchev–Trinajstić information content (AvgIpc) is 2.61. The van der Waals surface area contributed by atoms with E-state index >= 15 is 0 Å². The normalized spacial score (nSPS) is 22.7. The van der Waals surface area contributed by atoms with Crippen molar-refractivity contribution in [3.8, 4) is 0 Å². The summed E-state index contributed by atoms with van der Waals surface area (Å²) < 4.78 is 0. The van der Waals surface area contributed by atoms with E-state index in [9.17, 15) is 9.59 Å². The van der Waals surface area contributed by atoms with E-state index in [2.05, 4.69) is 21.2 Å². The molecule has 0 unspecified atom stereocenters. The summed E-state index contributed by atoms with van der Waals surface area (Å²) in [6, 6.07) is 13.0. The lowest BCUT2D eigenvalue weighted by Crippen LogP contribution is -2.28. The van der Waals surface area contributed by atoms with Crippen LogP contribution < -0.4 is 5.32 Å². The van der Waals surface area contributed by atoms with Gasteiger partial charge in [-0.2, -0.15) is 0 Å². The summed E-state index contributed by atoms with van der Waals surface area (Å²) in [5.41, 5.74) is 2.85. The minimum atomic E-state index is -0.0620. The van der Waals surface area contributed by atoms with Gasteiger partial charge in [0.1, 0.15) is 0 Å². The third kappa shape index (κ3) is 2.59. The molecule has 2 aliphatic rings. The molecule has 4 heteroatoms. The Kier molecular flexibility index (Phi) is 4.01. The number of ketones is 2. The van der Waals surface area contributed by atoms with E-state index in [0.29, 0.717) is 33.1 Å². The van der Waals surface area contributed by atoms with Crippen molar-refractivity contribution in [3.63, 3.8) is 0 Å². The van der Waals surface area contributed by atoms with Crippen LogP contribution in [-0.4, -0.2) is 22.4 Å². The number of carbonyl (C=O) groups excluding carboxylic acids is 2. The fraction of sp³-hybridized carbons (Fsp3) is 0.300. The van der Waals surface area contributed by atoms with E-state index in [-0.39, 0.29) is 11.6 Å². The number of nitrogens with one attached hydrogen (secondary N) is 1. The molecule has 3 nitrogen and oxygen atoms in total. The molecule has 0 aliphatic heterocycles. The Morgan fingerprint density at radius 1 is 0.792 bits per heavy atom. The summed E-state index contributed by atoms with van der Waals surface area (Å²) in [6.07, 6.45) is 4.39. The van der Waals surface area contributed by atoms with Crippen molar-refractivity contribution >= 4 is 33.2 Å². The van der Waals surface area contributed by atoms with Gasteiger partial charge < -0.3 is 5.32 Å². The van der Waals surface area contributed by atoms with Gasteiger partial charge in [-0.3, -0.25) is 9.59 Å². The molecule has 2 aliphatic carbocycles. The maximum absolute atomic E-state index is 13.0. The lowest BCUT2D eigenvalue weighted by atomic mass is 9.83. The fourth-order valence-corrected chi connectivity index (χ4v) is 4.21. The van der Waals surface area contributed by atoms with Gasteiger partial charge in [0, 0.05) is 33.2 Å². The van der Waals surface area contributed by atoms with Crippen molar-refractivity contribution in [2.75, 3.05) is 5.32 Å². The van der Waals surface area contributed by atoms with Gasteiger partial charge in [0.15, 0.2) is 11.6 Å². The van der Waals surface area contributed by atoms with Crippen LogP contribution in [0.5, 0.6) is 0 Å². The Hall–Kier alpha value is -1.94. The second kappa shape index (κ2) is 6.17. The zero-order chi connectivity index (χ0) is 16.7. The SMILES string of the molecule is O=C1c2ccccc2C(=O)c2c(NC3CCC(Br)CC3)cccc21. The lowest BCUT2D eigenvalue weighted by molar-refractivity contribution is 0.0979. The molecule has 0 bridgehead atoms. The van der Waals surface area contributed by atoms with Crippen LogP contribution in [0, 0.1) is 0 Å². The first-order chi connectivity index (χ1) is 11.6. The van der Waals surface area contributed by atoms with Crippen LogP contribution in [0.1, 0.15) is 57.5 Å². The molecule has 0 atom stereocenters. The molecule has 24 heavy (non-hydrogen) atoms. The van der Waals surface area contributed by atoms with Crippen LogP contribution in [0.15, 0.2) is 42.5 Å². The number of rotatable bonds is 2. The van der Waals surface area contributed by atoms with Gasteiger partial charge in [0.2, 0.25) is 0 Å². The first-order valence-electron chi connectivity index (χ1n) is 8.37. The van der Waals surface area contributed by atoms with Gasteiger partial charge in [-0.15, -0.1) is 0 Å². The molecule has 0 aromatic heterocycles. The van der Waals surface area contributed by atoms with Crippen molar-refractivity contribution in [1.29, 1.82) is 0 Å². The summed E-state index contributed by atoms with van der Waals surface area (Å²) >= 11 is 3.67. The summed E-state index contributed by atoms with van der Waals surface area (Å²) in [5, 5.41) is 3.52. The quantitative estimate of drug-likeness (QED) is 0.658. The molecule has 0 heterocycles. The van der Waals surface area contributed by atoms with Crippen LogP contribution in [0.2, 0.25) is 0 Å². The van der Waals surface area contributed by atoms with Crippen molar-refractivity contribution in [2.24, 2.45) is 0 Å². The van der Waals surface area contributed by atoms with Gasteiger partial charge in [0.05, 0.1) is 5.56 Å². The second-order valence-electron chi connectivity index (χ2n) is 6.53. The molecule has 0 saturated heterocycles. The molecule has 0 spiro atoms. The summed E-state index contributed by atoms with van der Waals surface area (Å²) in [7, 11) is 0. The van der Waals surface area contributed by atoms with E-state index in [0.717, 1.165) is 31.4 Å². The Bertz CT molecular complexity index is 822. The Labute approximate surface area is 149 Å². The number of alkyl halides is 1. The molecule has 1 fully saturated rings. The fourth-order valence-electron chi connectivity index (χ4n) is 3.68. The molecular weight excluding hydrogens is 366 g/mol. The van der Waals surface area contributed by atoms with E-state index < -0.39 is 0 Å². The molecule has 2 aromatic carbocycles. The smallest absolute Gasteiger partial charge is 0.196 e.